The maximum absolute atomic E-state index is 13.4. The van der Waals surface area contributed by atoms with Crippen LogP contribution in [0, 0.1) is 5.82 Å². The van der Waals surface area contributed by atoms with E-state index >= 15 is 0 Å². The monoisotopic (exact) mass is 535 g/mol. The topological polar surface area (TPSA) is 82.4 Å². The summed E-state index contributed by atoms with van der Waals surface area (Å²) in [7, 11) is 0. The first-order chi connectivity index (χ1) is 16.0. The van der Waals surface area contributed by atoms with Crippen LogP contribution in [0.25, 0.3) is 0 Å². The van der Waals surface area contributed by atoms with Crippen LogP contribution in [0.3, 0.4) is 0 Å². The number of anilines is 1. The van der Waals surface area contributed by atoms with Gasteiger partial charge in [-0.1, -0.05) is 11.6 Å². The minimum absolute atomic E-state index is 0.114. The smallest absolute Gasteiger partial charge is 0.290 e. The van der Waals surface area contributed by atoms with E-state index in [1.54, 1.807) is 12.3 Å². The van der Waals surface area contributed by atoms with Crippen LogP contribution in [-0.2, 0) is 17.7 Å². The van der Waals surface area contributed by atoms with Gasteiger partial charge in [0.1, 0.15) is 22.9 Å². The number of nitrogens with zero attached hydrogens (tertiary/aromatic N) is 5. The second-order valence-corrected chi connectivity index (χ2v) is 9.10. The van der Waals surface area contributed by atoms with Crippen molar-refractivity contribution in [2.75, 3.05) is 18.1 Å². The highest BCUT2D eigenvalue weighted by molar-refractivity contribution is 9.10. The van der Waals surface area contributed by atoms with Gasteiger partial charge in [-0.05, 0) is 59.8 Å². The van der Waals surface area contributed by atoms with E-state index in [0.29, 0.717) is 47.9 Å². The van der Waals surface area contributed by atoms with Crippen molar-refractivity contribution in [2.24, 2.45) is 0 Å². The first-order valence-corrected chi connectivity index (χ1v) is 11.8. The van der Waals surface area contributed by atoms with Crippen molar-refractivity contribution >= 4 is 33.2 Å². The van der Waals surface area contributed by atoms with Crippen LogP contribution in [0.1, 0.15) is 36.7 Å². The van der Waals surface area contributed by atoms with Crippen LogP contribution in [-0.4, -0.2) is 32.9 Å². The van der Waals surface area contributed by atoms with Crippen LogP contribution in [0.4, 0.5) is 10.1 Å². The van der Waals surface area contributed by atoms with E-state index < -0.39 is 0 Å². The summed E-state index contributed by atoms with van der Waals surface area (Å²) < 4.78 is 26.8. The van der Waals surface area contributed by atoms with Crippen molar-refractivity contribution < 1.29 is 13.9 Å². The predicted molar refractivity (Wildman–Crippen MR) is 123 cm³/mol. The van der Waals surface area contributed by atoms with Gasteiger partial charge in [-0.3, -0.25) is 4.79 Å². The Morgan fingerprint density at radius 3 is 2.94 bits per heavy atom. The number of benzene rings is 1. The molecule has 0 N–H and O–H groups in total. The molecule has 1 aromatic carbocycles. The van der Waals surface area contributed by atoms with Crippen LogP contribution in [0.5, 0.6) is 11.6 Å². The predicted octanol–water partition coefficient (Wildman–Crippen LogP) is 4.64. The van der Waals surface area contributed by atoms with Crippen molar-refractivity contribution in [1.82, 2.24) is 19.7 Å². The highest BCUT2D eigenvalue weighted by Crippen LogP contribution is 2.35. The molecule has 3 aromatic rings. The number of ether oxygens (including phenoxy) is 2. The number of aromatic nitrogens is 4. The van der Waals surface area contributed by atoms with Gasteiger partial charge in [0.05, 0.1) is 28.6 Å². The first-order valence-electron chi connectivity index (χ1n) is 10.6. The van der Waals surface area contributed by atoms with Gasteiger partial charge >= 0.3 is 0 Å². The SMILES string of the molecule is O=c1c(Cl)c(N2CCc3c(ncnc3Oc3ccc(F)cc3Br)C2)cnn1C1CCCCO1. The minimum atomic E-state index is -0.377. The first kappa shape index (κ1) is 22.2. The summed E-state index contributed by atoms with van der Waals surface area (Å²) >= 11 is 9.79. The standard InChI is InChI=1S/C22H20BrClFN5O3/c23-15-9-13(25)4-5-18(15)33-21-14-6-7-29(11-16(14)26-12-27-21)17-10-28-30(22(31)20(17)24)19-3-1-2-8-32-19/h4-5,9-10,12,19H,1-3,6-8,11H2. The molecule has 1 atom stereocenters. The molecule has 1 unspecified atom stereocenters. The van der Waals surface area contributed by atoms with Gasteiger partial charge in [0.25, 0.3) is 5.56 Å². The van der Waals surface area contributed by atoms with E-state index in [1.807, 2.05) is 4.90 Å². The van der Waals surface area contributed by atoms with Gasteiger partial charge in [-0.25, -0.2) is 14.4 Å². The summed E-state index contributed by atoms with van der Waals surface area (Å²) in [5, 5.41) is 4.46. The second kappa shape index (κ2) is 9.36. The molecule has 2 aliphatic heterocycles. The Balaban J connectivity index is 1.39. The maximum atomic E-state index is 13.4. The van der Waals surface area contributed by atoms with Gasteiger partial charge in [0.15, 0.2) is 6.23 Å². The second-order valence-electron chi connectivity index (χ2n) is 7.87. The lowest BCUT2D eigenvalue weighted by Gasteiger charge is -2.31. The van der Waals surface area contributed by atoms with Crippen molar-refractivity contribution in [3.8, 4) is 11.6 Å². The third kappa shape index (κ3) is 4.47. The maximum Gasteiger partial charge on any atom is 0.290 e. The fraction of sp³-hybridized carbons (Fsp3) is 0.364. The van der Waals surface area contributed by atoms with E-state index in [2.05, 4.69) is 31.0 Å². The zero-order chi connectivity index (χ0) is 22.9. The molecule has 0 saturated carbocycles. The largest absolute Gasteiger partial charge is 0.437 e. The van der Waals surface area contributed by atoms with Crippen LogP contribution < -0.4 is 15.2 Å². The number of rotatable bonds is 4. The van der Waals surface area contributed by atoms with Gasteiger partial charge < -0.3 is 14.4 Å². The van der Waals surface area contributed by atoms with Crippen molar-refractivity contribution in [3.05, 3.63) is 67.6 Å². The Kier molecular flexibility index (Phi) is 6.31. The summed E-state index contributed by atoms with van der Waals surface area (Å²) in [6.07, 6.45) is 5.95. The highest BCUT2D eigenvalue weighted by Gasteiger charge is 2.27. The molecule has 0 aliphatic carbocycles. The molecule has 0 bridgehead atoms. The Hall–Kier alpha value is -2.56. The molecule has 172 valence electrons. The lowest BCUT2D eigenvalue weighted by molar-refractivity contribution is -0.0424. The minimum Gasteiger partial charge on any atom is -0.437 e. The molecule has 1 saturated heterocycles. The van der Waals surface area contributed by atoms with Crippen LogP contribution in [0.2, 0.25) is 5.02 Å². The summed E-state index contributed by atoms with van der Waals surface area (Å²) in [5.41, 5.74) is 1.82. The third-order valence-electron chi connectivity index (χ3n) is 5.76. The molecule has 11 heteroatoms. The van der Waals surface area contributed by atoms with E-state index in [-0.39, 0.29) is 22.6 Å². The summed E-state index contributed by atoms with van der Waals surface area (Å²) in [6, 6.07) is 4.20. The van der Waals surface area contributed by atoms with Crippen LogP contribution in [0.15, 0.2) is 40.0 Å². The summed E-state index contributed by atoms with van der Waals surface area (Å²) in [6.45, 7) is 1.61. The van der Waals surface area contributed by atoms with Crippen molar-refractivity contribution in [1.29, 1.82) is 0 Å². The zero-order valence-corrected chi connectivity index (χ0v) is 19.9. The summed E-state index contributed by atoms with van der Waals surface area (Å²) in [5.74, 6) is 0.513. The number of hydrogen-bond donors (Lipinski definition) is 0. The summed E-state index contributed by atoms with van der Waals surface area (Å²) in [4.78, 5) is 23.5. The van der Waals surface area contributed by atoms with E-state index in [9.17, 15) is 9.18 Å². The fourth-order valence-corrected chi connectivity index (χ4v) is 4.75. The Bertz CT molecular complexity index is 1250. The number of hydrogen-bond acceptors (Lipinski definition) is 7. The lowest BCUT2D eigenvalue weighted by atomic mass is 10.1. The van der Waals surface area contributed by atoms with E-state index in [1.165, 1.54) is 23.1 Å². The number of fused-ring (bicyclic) bond motifs is 1. The molecule has 4 heterocycles. The quantitative estimate of drug-likeness (QED) is 0.480. The average Bonchev–Trinajstić information content (AvgIpc) is 2.83. The lowest BCUT2D eigenvalue weighted by Crippen LogP contribution is -2.36. The van der Waals surface area contributed by atoms with E-state index in [0.717, 1.165) is 30.5 Å². The van der Waals surface area contributed by atoms with Gasteiger partial charge in [0.2, 0.25) is 5.88 Å². The van der Waals surface area contributed by atoms with Crippen LogP contribution >= 0.6 is 27.5 Å². The number of halogens is 3. The molecule has 2 aliphatic rings. The molecule has 0 spiro atoms. The van der Waals surface area contributed by atoms with Gasteiger partial charge in [-0.2, -0.15) is 9.78 Å². The third-order valence-corrected chi connectivity index (χ3v) is 6.74. The molecule has 33 heavy (non-hydrogen) atoms. The average molecular weight is 537 g/mol. The molecule has 5 rings (SSSR count). The molecule has 2 aromatic heterocycles. The zero-order valence-electron chi connectivity index (χ0n) is 17.5. The van der Waals surface area contributed by atoms with Gasteiger partial charge in [-0.15, -0.1) is 0 Å². The van der Waals surface area contributed by atoms with Crippen molar-refractivity contribution in [3.63, 3.8) is 0 Å². The van der Waals surface area contributed by atoms with E-state index in [4.69, 9.17) is 21.1 Å². The fourth-order valence-electron chi connectivity index (χ4n) is 4.06. The molecule has 8 nitrogen and oxygen atoms in total. The van der Waals surface area contributed by atoms with Crippen molar-refractivity contribution in [2.45, 2.75) is 38.5 Å². The Labute approximate surface area is 202 Å². The normalized spacial score (nSPS) is 18.2. The molecule has 0 amide bonds. The highest BCUT2D eigenvalue weighted by atomic mass is 79.9. The molecular weight excluding hydrogens is 517 g/mol. The molecule has 0 radical (unpaired) electrons. The molecule has 1 fully saturated rings. The molecular formula is C22H20BrClFN5O3. The Morgan fingerprint density at radius 1 is 1.27 bits per heavy atom. The van der Waals surface area contributed by atoms with Gasteiger partial charge in [0, 0.05) is 18.7 Å². The Morgan fingerprint density at radius 2 is 2.15 bits per heavy atom.